The molecule has 28 heavy (non-hydrogen) atoms. The van der Waals surface area contributed by atoms with Crippen LogP contribution in [0.4, 0.5) is 0 Å². The van der Waals surface area contributed by atoms with E-state index in [0.717, 1.165) is 53.0 Å². The fourth-order valence-electron chi connectivity index (χ4n) is 4.04. The summed E-state index contributed by atoms with van der Waals surface area (Å²) >= 11 is 1.54. The minimum absolute atomic E-state index is 0.112. The first kappa shape index (κ1) is 17.5. The Morgan fingerprint density at radius 1 is 1.11 bits per heavy atom. The molecule has 0 aliphatic carbocycles. The summed E-state index contributed by atoms with van der Waals surface area (Å²) in [6.45, 7) is 4.14. The molecule has 1 aromatic carbocycles. The van der Waals surface area contributed by atoms with Crippen molar-refractivity contribution in [2.24, 2.45) is 7.05 Å². The summed E-state index contributed by atoms with van der Waals surface area (Å²) in [5, 5.41) is 11.3. The van der Waals surface area contributed by atoms with Gasteiger partial charge in [0.1, 0.15) is 5.01 Å². The molecule has 144 valence electrons. The summed E-state index contributed by atoms with van der Waals surface area (Å²) in [6.07, 6.45) is 5.82. The van der Waals surface area contributed by atoms with Crippen molar-refractivity contribution in [1.82, 2.24) is 29.3 Å². The highest BCUT2D eigenvalue weighted by molar-refractivity contribution is 7.16. The molecular weight excluding hydrogens is 372 g/mol. The molecule has 1 aliphatic rings. The molecule has 8 heteroatoms. The maximum atomic E-state index is 13.2. The Kier molecular flexibility index (Phi) is 4.06. The van der Waals surface area contributed by atoms with Crippen LogP contribution in [0.3, 0.4) is 0 Å². The molecule has 4 heterocycles. The largest absolute Gasteiger partial charge is 0.306 e. The maximum absolute atomic E-state index is 13.2. The minimum atomic E-state index is -0.112. The van der Waals surface area contributed by atoms with Gasteiger partial charge >= 0.3 is 0 Å². The van der Waals surface area contributed by atoms with Crippen LogP contribution in [0.5, 0.6) is 0 Å². The standard InChI is InChI=1S/C20H22N6OS/c1-12-15(5-4-14-11-25(3)22-17(12)14)16-10-21-20-26(19(16)27)23-18(28-20)13-6-8-24(2)9-7-13/h4-5,10-11,13H,6-9H2,1-3H3. The number of hydrogen-bond acceptors (Lipinski definition) is 6. The number of aryl methyl sites for hydroxylation is 2. The minimum Gasteiger partial charge on any atom is -0.306 e. The first-order chi connectivity index (χ1) is 13.5. The van der Waals surface area contributed by atoms with E-state index >= 15 is 0 Å². The zero-order valence-corrected chi connectivity index (χ0v) is 17.0. The maximum Gasteiger partial charge on any atom is 0.283 e. The lowest BCUT2D eigenvalue weighted by atomic mass is 9.98. The van der Waals surface area contributed by atoms with E-state index in [4.69, 9.17) is 0 Å². The topological polar surface area (TPSA) is 68.3 Å². The molecule has 0 bridgehead atoms. The smallest absolute Gasteiger partial charge is 0.283 e. The third kappa shape index (κ3) is 2.75. The van der Waals surface area contributed by atoms with Gasteiger partial charge in [0.05, 0.1) is 11.1 Å². The number of hydrogen-bond donors (Lipinski definition) is 0. The number of likely N-dealkylation sites (tertiary alicyclic amines) is 1. The number of nitrogens with zero attached hydrogens (tertiary/aromatic N) is 6. The van der Waals surface area contributed by atoms with Crippen LogP contribution in [0.2, 0.25) is 0 Å². The van der Waals surface area contributed by atoms with Crippen molar-refractivity contribution >= 4 is 27.2 Å². The van der Waals surface area contributed by atoms with Crippen LogP contribution in [-0.2, 0) is 7.05 Å². The van der Waals surface area contributed by atoms with Gasteiger partial charge in [-0.3, -0.25) is 9.48 Å². The molecule has 0 spiro atoms. The normalized spacial score (nSPS) is 16.4. The quantitative estimate of drug-likeness (QED) is 0.523. The average molecular weight is 395 g/mol. The fraction of sp³-hybridized carbons (Fsp3) is 0.400. The van der Waals surface area contributed by atoms with Crippen molar-refractivity contribution in [3.05, 3.63) is 45.5 Å². The van der Waals surface area contributed by atoms with Crippen molar-refractivity contribution < 1.29 is 0 Å². The van der Waals surface area contributed by atoms with E-state index in [1.165, 1.54) is 15.9 Å². The van der Waals surface area contributed by atoms with Gasteiger partial charge in [-0.1, -0.05) is 23.5 Å². The highest BCUT2D eigenvalue weighted by Crippen LogP contribution is 2.31. The lowest BCUT2D eigenvalue weighted by Gasteiger charge is -2.27. The average Bonchev–Trinajstić information content (AvgIpc) is 3.28. The summed E-state index contributed by atoms with van der Waals surface area (Å²) < 4.78 is 3.28. The Hall–Kier alpha value is -2.58. The SMILES string of the molecule is Cc1c(-c2cnc3sc(C4CCN(C)CC4)nn3c2=O)ccc2cn(C)nc12. The van der Waals surface area contributed by atoms with E-state index in [-0.39, 0.29) is 5.56 Å². The van der Waals surface area contributed by atoms with Gasteiger partial charge < -0.3 is 4.90 Å². The zero-order valence-electron chi connectivity index (χ0n) is 16.2. The summed E-state index contributed by atoms with van der Waals surface area (Å²) in [7, 11) is 4.05. The number of piperidine rings is 1. The first-order valence-corrected chi connectivity index (χ1v) is 10.3. The molecule has 1 saturated heterocycles. The molecule has 4 aromatic rings. The van der Waals surface area contributed by atoms with Crippen LogP contribution in [0.1, 0.15) is 29.3 Å². The second-order valence-electron chi connectivity index (χ2n) is 7.67. The number of rotatable bonds is 2. The number of fused-ring (bicyclic) bond motifs is 2. The molecule has 0 N–H and O–H groups in total. The Balaban J connectivity index is 1.60. The lowest BCUT2D eigenvalue weighted by molar-refractivity contribution is 0.254. The van der Waals surface area contributed by atoms with E-state index in [1.54, 1.807) is 10.9 Å². The Labute approximate surface area is 166 Å². The number of benzene rings is 1. The highest BCUT2D eigenvalue weighted by atomic mass is 32.1. The van der Waals surface area contributed by atoms with Crippen LogP contribution in [0, 0.1) is 6.92 Å². The van der Waals surface area contributed by atoms with Crippen LogP contribution in [-0.4, -0.2) is 49.4 Å². The van der Waals surface area contributed by atoms with Gasteiger partial charge in [0.25, 0.3) is 5.56 Å². The van der Waals surface area contributed by atoms with E-state index in [9.17, 15) is 4.79 Å². The third-order valence-corrected chi connectivity index (χ3v) is 6.79. The van der Waals surface area contributed by atoms with Crippen LogP contribution >= 0.6 is 11.3 Å². The van der Waals surface area contributed by atoms with Crippen LogP contribution < -0.4 is 5.56 Å². The molecule has 0 amide bonds. The van der Waals surface area contributed by atoms with E-state index in [0.29, 0.717) is 16.4 Å². The monoisotopic (exact) mass is 394 g/mol. The number of aromatic nitrogens is 5. The highest BCUT2D eigenvalue weighted by Gasteiger charge is 2.23. The Morgan fingerprint density at radius 3 is 2.68 bits per heavy atom. The lowest BCUT2D eigenvalue weighted by Crippen LogP contribution is -2.29. The van der Waals surface area contributed by atoms with Gasteiger partial charge in [0.15, 0.2) is 0 Å². The van der Waals surface area contributed by atoms with Crippen molar-refractivity contribution in [1.29, 1.82) is 0 Å². The molecule has 0 unspecified atom stereocenters. The molecule has 1 fully saturated rings. The van der Waals surface area contributed by atoms with Crippen LogP contribution in [0.25, 0.3) is 27.0 Å². The molecule has 5 rings (SSSR count). The fourth-order valence-corrected chi connectivity index (χ4v) is 5.07. The zero-order chi connectivity index (χ0) is 19.4. The molecule has 0 radical (unpaired) electrons. The molecule has 0 atom stereocenters. The molecule has 7 nitrogen and oxygen atoms in total. The molecule has 0 saturated carbocycles. The summed E-state index contributed by atoms with van der Waals surface area (Å²) in [5.41, 5.74) is 3.23. The molecule has 1 aliphatic heterocycles. The summed E-state index contributed by atoms with van der Waals surface area (Å²) in [6, 6.07) is 3.98. The van der Waals surface area contributed by atoms with Crippen molar-refractivity contribution in [3.8, 4) is 11.1 Å². The van der Waals surface area contributed by atoms with E-state index < -0.39 is 0 Å². The van der Waals surface area contributed by atoms with Crippen molar-refractivity contribution in [2.45, 2.75) is 25.7 Å². The first-order valence-electron chi connectivity index (χ1n) is 9.52. The predicted octanol–water partition coefficient (Wildman–Crippen LogP) is 2.82. The molecular formula is C20H22N6OS. The van der Waals surface area contributed by atoms with E-state index in [2.05, 4.69) is 27.1 Å². The van der Waals surface area contributed by atoms with Gasteiger partial charge in [-0.2, -0.15) is 14.7 Å². The summed E-state index contributed by atoms with van der Waals surface area (Å²) in [5.74, 6) is 0.414. The molecule has 3 aromatic heterocycles. The van der Waals surface area contributed by atoms with E-state index in [1.807, 2.05) is 32.3 Å². The van der Waals surface area contributed by atoms with Gasteiger partial charge in [-0.05, 0) is 51.0 Å². The second kappa shape index (κ2) is 6.49. The summed E-state index contributed by atoms with van der Waals surface area (Å²) in [4.78, 5) is 20.8. The van der Waals surface area contributed by atoms with Crippen molar-refractivity contribution in [3.63, 3.8) is 0 Å². The predicted molar refractivity (Wildman–Crippen MR) is 111 cm³/mol. The van der Waals surface area contributed by atoms with Gasteiger partial charge in [-0.25, -0.2) is 4.98 Å². The van der Waals surface area contributed by atoms with Gasteiger partial charge in [0.2, 0.25) is 4.96 Å². The van der Waals surface area contributed by atoms with Crippen molar-refractivity contribution in [2.75, 3.05) is 20.1 Å². The van der Waals surface area contributed by atoms with Gasteiger partial charge in [0, 0.05) is 30.7 Å². The Morgan fingerprint density at radius 2 is 1.89 bits per heavy atom. The second-order valence-corrected chi connectivity index (χ2v) is 8.66. The van der Waals surface area contributed by atoms with Gasteiger partial charge in [-0.15, -0.1) is 0 Å². The Bertz CT molecular complexity index is 1250. The third-order valence-electron chi connectivity index (χ3n) is 5.71. The van der Waals surface area contributed by atoms with Crippen LogP contribution in [0.15, 0.2) is 29.3 Å².